The van der Waals surface area contributed by atoms with Crippen LogP contribution in [0.1, 0.15) is 10.5 Å². The maximum Gasteiger partial charge on any atom is 0.272 e. The lowest BCUT2D eigenvalue weighted by molar-refractivity contribution is 0.0658. The van der Waals surface area contributed by atoms with Gasteiger partial charge in [-0.25, -0.2) is 9.97 Å². The molecule has 1 aromatic heterocycles. The van der Waals surface area contributed by atoms with E-state index < -0.39 is 0 Å². The van der Waals surface area contributed by atoms with Gasteiger partial charge in [0, 0.05) is 32.4 Å². The first-order valence-electron chi connectivity index (χ1n) is 5.23. The first-order chi connectivity index (χ1) is 7.66. The van der Waals surface area contributed by atoms with Crippen molar-refractivity contribution in [3.63, 3.8) is 0 Å². The number of hydrogen-bond donors (Lipinski definition) is 1. The molecule has 86 valence electrons. The summed E-state index contributed by atoms with van der Waals surface area (Å²) < 4.78 is 0. The molecule has 2 N–H and O–H groups in total. The first-order valence-corrected chi connectivity index (χ1v) is 5.23. The van der Waals surface area contributed by atoms with E-state index in [1.165, 1.54) is 6.20 Å². The topological polar surface area (TPSA) is 75.3 Å². The minimum atomic E-state index is -0.0674. The van der Waals surface area contributed by atoms with E-state index in [0.29, 0.717) is 5.69 Å². The molecule has 0 radical (unpaired) electrons. The van der Waals surface area contributed by atoms with E-state index in [-0.39, 0.29) is 11.9 Å². The van der Waals surface area contributed by atoms with Crippen LogP contribution in [0.4, 0.5) is 5.95 Å². The number of carbonyl (C=O) groups is 1. The smallest absolute Gasteiger partial charge is 0.272 e. The Morgan fingerprint density at radius 2 is 2.06 bits per heavy atom. The summed E-state index contributed by atoms with van der Waals surface area (Å²) in [6.07, 6.45) is 1.51. The molecule has 0 unspecified atom stereocenters. The van der Waals surface area contributed by atoms with Crippen molar-refractivity contribution >= 4 is 11.9 Å². The molecule has 1 amide bonds. The fourth-order valence-corrected chi connectivity index (χ4v) is 1.66. The summed E-state index contributed by atoms with van der Waals surface area (Å²) in [5.41, 5.74) is 5.82. The van der Waals surface area contributed by atoms with Crippen LogP contribution in [0.3, 0.4) is 0 Å². The number of anilines is 1. The van der Waals surface area contributed by atoms with E-state index >= 15 is 0 Å². The molecular weight excluding hydrogens is 206 g/mol. The summed E-state index contributed by atoms with van der Waals surface area (Å²) in [6, 6.07) is 1.59. The van der Waals surface area contributed by atoms with Gasteiger partial charge in [-0.2, -0.15) is 0 Å². The quantitative estimate of drug-likeness (QED) is 0.688. The summed E-state index contributed by atoms with van der Waals surface area (Å²) in [7, 11) is 2.05. The van der Waals surface area contributed by atoms with Crippen molar-refractivity contribution in [3.05, 3.63) is 18.0 Å². The summed E-state index contributed by atoms with van der Waals surface area (Å²) >= 11 is 0. The number of hydrogen-bond acceptors (Lipinski definition) is 5. The van der Waals surface area contributed by atoms with Gasteiger partial charge in [-0.05, 0) is 13.1 Å². The van der Waals surface area contributed by atoms with Gasteiger partial charge in [-0.1, -0.05) is 0 Å². The minimum absolute atomic E-state index is 0.0674. The van der Waals surface area contributed by atoms with E-state index in [9.17, 15) is 4.79 Å². The first kappa shape index (κ1) is 10.8. The highest BCUT2D eigenvalue weighted by molar-refractivity contribution is 5.92. The van der Waals surface area contributed by atoms with Gasteiger partial charge in [0.1, 0.15) is 5.69 Å². The molecule has 0 bridgehead atoms. The highest BCUT2D eigenvalue weighted by atomic mass is 16.2. The van der Waals surface area contributed by atoms with Crippen LogP contribution in [-0.4, -0.2) is 58.9 Å². The molecule has 1 fully saturated rings. The Bertz CT molecular complexity index is 387. The van der Waals surface area contributed by atoms with Crippen molar-refractivity contribution in [3.8, 4) is 0 Å². The number of nitrogen functional groups attached to an aromatic ring is 1. The van der Waals surface area contributed by atoms with Crippen LogP contribution in [0.5, 0.6) is 0 Å². The van der Waals surface area contributed by atoms with Gasteiger partial charge in [0.15, 0.2) is 0 Å². The summed E-state index contributed by atoms with van der Waals surface area (Å²) in [5.74, 6) is 0.0715. The zero-order valence-electron chi connectivity index (χ0n) is 9.26. The number of nitrogens with two attached hydrogens (primary N) is 1. The molecular formula is C10H15N5O. The number of amides is 1. The predicted octanol–water partition coefficient (Wildman–Crippen LogP) is -0.554. The lowest BCUT2D eigenvalue weighted by Gasteiger charge is -2.32. The van der Waals surface area contributed by atoms with Gasteiger partial charge in [-0.15, -0.1) is 0 Å². The highest BCUT2D eigenvalue weighted by Gasteiger charge is 2.21. The molecule has 1 aliphatic heterocycles. The molecule has 6 heteroatoms. The zero-order valence-corrected chi connectivity index (χ0v) is 9.26. The Labute approximate surface area is 94.1 Å². The van der Waals surface area contributed by atoms with E-state index in [0.717, 1.165) is 26.2 Å². The molecule has 2 heterocycles. The third-order valence-electron chi connectivity index (χ3n) is 2.68. The molecule has 0 saturated carbocycles. The van der Waals surface area contributed by atoms with E-state index in [2.05, 4.69) is 14.9 Å². The zero-order chi connectivity index (χ0) is 11.5. The molecule has 0 aromatic carbocycles. The van der Waals surface area contributed by atoms with Gasteiger partial charge in [0.2, 0.25) is 5.95 Å². The van der Waals surface area contributed by atoms with Crippen molar-refractivity contribution in [2.24, 2.45) is 0 Å². The van der Waals surface area contributed by atoms with Crippen molar-refractivity contribution < 1.29 is 4.79 Å². The lowest BCUT2D eigenvalue weighted by Crippen LogP contribution is -2.47. The molecule has 6 nitrogen and oxygen atoms in total. The Morgan fingerprint density at radius 1 is 1.38 bits per heavy atom. The van der Waals surface area contributed by atoms with Gasteiger partial charge in [0.25, 0.3) is 5.91 Å². The molecule has 1 aromatic rings. The lowest BCUT2D eigenvalue weighted by atomic mass is 10.3. The van der Waals surface area contributed by atoms with Crippen LogP contribution in [0.25, 0.3) is 0 Å². The molecule has 0 spiro atoms. The summed E-state index contributed by atoms with van der Waals surface area (Å²) in [4.78, 5) is 23.7. The molecule has 0 atom stereocenters. The monoisotopic (exact) mass is 221 g/mol. The van der Waals surface area contributed by atoms with Crippen LogP contribution >= 0.6 is 0 Å². The predicted molar refractivity (Wildman–Crippen MR) is 59.8 cm³/mol. The van der Waals surface area contributed by atoms with Crippen molar-refractivity contribution in [1.82, 2.24) is 19.8 Å². The van der Waals surface area contributed by atoms with Crippen LogP contribution < -0.4 is 5.73 Å². The number of rotatable bonds is 1. The average molecular weight is 221 g/mol. The fourth-order valence-electron chi connectivity index (χ4n) is 1.66. The van der Waals surface area contributed by atoms with E-state index in [4.69, 9.17) is 5.73 Å². The second-order valence-corrected chi connectivity index (χ2v) is 3.90. The molecule has 0 aliphatic carbocycles. The second-order valence-electron chi connectivity index (χ2n) is 3.90. The van der Waals surface area contributed by atoms with Gasteiger partial charge in [0.05, 0.1) is 0 Å². The van der Waals surface area contributed by atoms with Crippen molar-refractivity contribution in [2.45, 2.75) is 0 Å². The maximum atomic E-state index is 12.0. The standard InChI is InChI=1S/C10H15N5O/c1-14-4-6-15(7-5-14)9(16)8-2-3-12-10(11)13-8/h2-3H,4-7H2,1H3,(H2,11,12,13). The van der Waals surface area contributed by atoms with E-state index in [1.807, 2.05) is 7.05 Å². The number of nitrogens with zero attached hydrogens (tertiary/aromatic N) is 4. The largest absolute Gasteiger partial charge is 0.368 e. The normalized spacial score (nSPS) is 17.4. The Kier molecular flexibility index (Phi) is 3.00. The number of carbonyl (C=O) groups excluding carboxylic acids is 1. The second kappa shape index (κ2) is 4.44. The van der Waals surface area contributed by atoms with Crippen LogP contribution in [0, 0.1) is 0 Å². The third kappa shape index (κ3) is 2.27. The third-order valence-corrected chi connectivity index (χ3v) is 2.68. The number of aromatic nitrogens is 2. The highest BCUT2D eigenvalue weighted by Crippen LogP contribution is 2.06. The van der Waals surface area contributed by atoms with Gasteiger partial charge < -0.3 is 15.5 Å². The van der Waals surface area contributed by atoms with E-state index in [1.54, 1.807) is 11.0 Å². The Balaban J connectivity index is 2.08. The minimum Gasteiger partial charge on any atom is -0.368 e. The van der Waals surface area contributed by atoms with Crippen molar-refractivity contribution in [2.75, 3.05) is 39.0 Å². The van der Waals surface area contributed by atoms with Crippen LogP contribution in [-0.2, 0) is 0 Å². The van der Waals surface area contributed by atoms with Gasteiger partial charge in [-0.3, -0.25) is 4.79 Å². The molecule has 2 rings (SSSR count). The van der Waals surface area contributed by atoms with Crippen LogP contribution in [0.2, 0.25) is 0 Å². The Morgan fingerprint density at radius 3 is 2.69 bits per heavy atom. The average Bonchev–Trinajstić information content (AvgIpc) is 2.29. The molecule has 1 aliphatic rings. The number of piperazine rings is 1. The van der Waals surface area contributed by atoms with Crippen LogP contribution in [0.15, 0.2) is 12.3 Å². The fraction of sp³-hybridized carbons (Fsp3) is 0.500. The number of likely N-dealkylation sites (N-methyl/N-ethyl adjacent to an activating group) is 1. The SMILES string of the molecule is CN1CCN(C(=O)c2ccnc(N)n2)CC1. The summed E-state index contributed by atoms with van der Waals surface area (Å²) in [5, 5.41) is 0. The maximum absolute atomic E-state index is 12.0. The summed E-state index contributed by atoms with van der Waals surface area (Å²) in [6.45, 7) is 3.26. The molecule has 1 saturated heterocycles. The van der Waals surface area contributed by atoms with Crippen molar-refractivity contribution in [1.29, 1.82) is 0 Å². The Hall–Kier alpha value is -1.69. The molecule has 16 heavy (non-hydrogen) atoms. The van der Waals surface area contributed by atoms with Gasteiger partial charge >= 0.3 is 0 Å².